The number of H-pyrrole nitrogens is 1. The first-order valence-corrected chi connectivity index (χ1v) is 15.5. The maximum atomic E-state index is 14.8. The molecule has 0 amide bonds. The van der Waals surface area contributed by atoms with Gasteiger partial charge in [-0.1, -0.05) is 0 Å². The van der Waals surface area contributed by atoms with E-state index in [1.807, 2.05) is 12.1 Å². The van der Waals surface area contributed by atoms with Crippen LogP contribution < -0.4 is 20.9 Å². The molecule has 3 aliphatic heterocycles. The third-order valence-electron chi connectivity index (χ3n) is 8.49. The predicted octanol–water partition coefficient (Wildman–Crippen LogP) is 4.43. The summed E-state index contributed by atoms with van der Waals surface area (Å²) in [5.41, 5.74) is 7.77. The second-order valence-electron chi connectivity index (χ2n) is 11.2. The van der Waals surface area contributed by atoms with Gasteiger partial charge in [0.05, 0.1) is 17.9 Å². The van der Waals surface area contributed by atoms with Gasteiger partial charge in [-0.25, -0.2) is 9.37 Å². The smallest absolute Gasteiger partial charge is 0.261 e. The Labute approximate surface area is 238 Å². The van der Waals surface area contributed by atoms with Crippen LogP contribution in [0.2, 0.25) is 0 Å². The Morgan fingerprint density at radius 2 is 1.85 bits per heavy atom. The van der Waals surface area contributed by atoms with Crippen LogP contribution in [0, 0.1) is 11.7 Å². The number of aromatic amines is 1. The van der Waals surface area contributed by atoms with Gasteiger partial charge in [-0.2, -0.15) is 11.8 Å². The fourth-order valence-corrected chi connectivity index (χ4v) is 7.03. The number of halogens is 1. The van der Waals surface area contributed by atoms with E-state index in [9.17, 15) is 9.18 Å². The summed E-state index contributed by atoms with van der Waals surface area (Å²) >= 11 is 1.76. The van der Waals surface area contributed by atoms with Gasteiger partial charge >= 0.3 is 0 Å². The molecule has 3 saturated heterocycles. The van der Waals surface area contributed by atoms with E-state index in [-0.39, 0.29) is 5.39 Å². The second-order valence-corrected chi connectivity index (χ2v) is 12.5. The number of thioether (sulfide) groups is 1. The zero-order valence-electron chi connectivity index (χ0n) is 22.8. The standard InChI is InChI=1S/C30H38FN5O3S/c31-26-15-24(16-27-29(26)30(37)34-28(33-27)19-40-25-8-12-38-13-9-25)39-14-7-20-5-10-35(11-6-20)23-17-36(18-23)22-3-1-21(32)2-4-22/h1-4,15-16,20,23,25H,5-14,17-19,32H2,(H,33,34,37). The van der Waals surface area contributed by atoms with Crippen LogP contribution in [0.1, 0.15) is 37.9 Å². The lowest BCUT2D eigenvalue weighted by Crippen LogP contribution is -2.61. The van der Waals surface area contributed by atoms with Crippen LogP contribution in [-0.2, 0) is 10.5 Å². The highest BCUT2D eigenvalue weighted by atomic mass is 32.2. The summed E-state index contributed by atoms with van der Waals surface area (Å²) in [7, 11) is 0. The summed E-state index contributed by atoms with van der Waals surface area (Å²) < 4.78 is 26.2. The quantitative estimate of drug-likeness (QED) is 0.367. The van der Waals surface area contributed by atoms with Gasteiger partial charge in [0.25, 0.3) is 5.56 Å². The SMILES string of the molecule is Nc1ccc(N2CC(N3CCC(CCOc4cc(F)c5c(=O)[nH]c(CSC6CCOCC6)nc5c4)CC3)C2)cc1. The molecule has 40 heavy (non-hydrogen) atoms. The van der Waals surface area contributed by atoms with Crippen molar-refractivity contribution in [2.45, 2.75) is 49.1 Å². The second kappa shape index (κ2) is 12.4. The molecule has 3 aromatic rings. The van der Waals surface area contributed by atoms with Crippen molar-refractivity contribution in [2.75, 3.05) is 56.6 Å². The topological polar surface area (TPSA) is 96.7 Å². The number of hydrogen-bond donors (Lipinski definition) is 2. The van der Waals surface area contributed by atoms with E-state index in [1.165, 1.54) is 11.8 Å². The van der Waals surface area contributed by atoms with Crippen LogP contribution in [0.5, 0.6) is 5.75 Å². The number of benzene rings is 2. The summed E-state index contributed by atoms with van der Waals surface area (Å²) in [6, 6.07) is 11.7. The molecule has 4 heterocycles. The molecule has 2 aromatic carbocycles. The van der Waals surface area contributed by atoms with Gasteiger partial charge in [-0.05, 0) is 75.4 Å². The minimum Gasteiger partial charge on any atom is -0.493 e. The minimum absolute atomic E-state index is 0.00880. The number of nitrogens with one attached hydrogen (secondary N) is 1. The lowest BCUT2D eigenvalue weighted by Gasteiger charge is -2.48. The molecule has 1 aromatic heterocycles. The van der Waals surface area contributed by atoms with Gasteiger partial charge in [0, 0.05) is 61.1 Å². The molecule has 3 N–H and O–H groups in total. The number of rotatable bonds is 9. The van der Waals surface area contributed by atoms with Crippen molar-refractivity contribution in [1.29, 1.82) is 0 Å². The molecule has 3 aliphatic rings. The Morgan fingerprint density at radius 3 is 2.60 bits per heavy atom. The summed E-state index contributed by atoms with van der Waals surface area (Å²) in [5, 5.41) is 0.483. The molecule has 214 valence electrons. The first-order chi connectivity index (χ1) is 19.5. The average Bonchev–Trinajstić information content (AvgIpc) is 2.93. The number of piperidine rings is 1. The number of ether oxygens (including phenoxy) is 2. The first-order valence-electron chi connectivity index (χ1n) is 14.4. The zero-order valence-corrected chi connectivity index (χ0v) is 23.6. The fourth-order valence-electron chi connectivity index (χ4n) is 5.97. The van der Waals surface area contributed by atoms with E-state index in [4.69, 9.17) is 15.2 Å². The highest BCUT2D eigenvalue weighted by Gasteiger charge is 2.34. The summed E-state index contributed by atoms with van der Waals surface area (Å²) in [4.78, 5) is 24.9. The molecule has 8 nitrogen and oxygen atoms in total. The first kappa shape index (κ1) is 27.4. The fraction of sp³-hybridized carbons (Fsp3) is 0.533. The number of nitrogen functional groups attached to an aromatic ring is 1. The number of anilines is 2. The van der Waals surface area contributed by atoms with Crippen molar-refractivity contribution in [1.82, 2.24) is 14.9 Å². The Hall–Kier alpha value is -2.82. The predicted molar refractivity (Wildman–Crippen MR) is 159 cm³/mol. The van der Waals surface area contributed by atoms with E-state index in [2.05, 4.69) is 31.9 Å². The molecule has 0 atom stereocenters. The summed E-state index contributed by atoms with van der Waals surface area (Å²) in [6.45, 7) is 6.42. The van der Waals surface area contributed by atoms with E-state index in [0.717, 1.165) is 77.2 Å². The largest absolute Gasteiger partial charge is 0.493 e. The molecular formula is C30H38FN5O3S. The number of likely N-dealkylation sites (tertiary alicyclic amines) is 1. The molecule has 0 bridgehead atoms. The highest BCUT2D eigenvalue weighted by molar-refractivity contribution is 7.99. The van der Waals surface area contributed by atoms with E-state index < -0.39 is 11.4 Å². The van der Waals surface area contributed by atoms with Gasteiger partial charge < -0.3 is 25.1 Å². The van der Waals surface area contributed by atoms with Crippen LogP contribution >= 0.6 is 11.8 Å². The molecule has 0 radical (unpaired) electrons. The summed E-state index contributed by atoms with van der Waals surface area (Å²) in [6.07, 6.45) is 5.24. The molecule has 0 unspecified atom stereocenters. The number of nitrogens with zero attached hydrogens (tertiary/aromatic N) is 3. The lowest BCUT2D eigenvalue weighted by molar-refractivity contribution is 0.1000. The van der Waals surface area contributed by atoms with Crippen LogP contribution in [0.4, 0.5) is 15.8 Å². The van der Waals surface area contributed by atoms with Gasteiger partial charge in [0.1, 0.15) is 22.8 Å². The molecule has 0 saturated carbocycles. The molecular weight excluding hydrogens is 529 g/mol. The van der Waals surface area contributed by atoms with Crippen molar-refractivity contribution in [2.24, 2.45) is 5.92 Å². The van der Waals surface area contributed by atoms with Gasteiger partial charge in [-0.3, -0.25) is 9.69 Å². The molecule has 0 spiro atoms. The van der Waals surface area contributed by atoms with Crippen molar-refractivity contribution in [3.05, 3.63) is 58.4 Å². The lowest BCUT2D eigenvalue weighted by atomic mass is 9.92. The molecule has 3 fully saturated rings. The Morgan fingerprint density at radius 1 is 1.10 bits per heavy atom. The highest BCUT2D eigenvalue weighted by Crippen LogP contribution is 2.30. The number of nitrogens with two attached hydrogens (primary N) is 1. The zero-order chi connectivity index (χ0) is 27.5. The Kier molecular flexibility index (Phi) is 8.46. The number of aromatic nitrogens is 2. The van der Waals surface area contributed by atoms with Gasteiger partial charge in [0.15, 0.2) is 0 Å². The number of fused-ring (bicyclic) bond motifs is 1. The van der Waals surface area contributed by atoms with Crippen molar-refractivity contribution >= 4 is 34.0 Å². The molecule has 10 heteroatoms. The normalized spacial score (nSPS) is 19.7. The van der Waals surface area contributed by atoms with Crippen molar-refractivity contribution in [3.63, 3.8) is 0 Å². The van der Waals surface area contributed by atoms with E-state index in [1.54, 1.807) is 17.8 Å². The van der Waals surface area contributed by atoms with E-state index >= 15 is 0 Å². The summed E-state index contributed by atoms with van der Waals surface area (Å²) in [5.74, 6) is 1.60. The number of hydrogen-bond acceptors (Lipinski definition) is 8. The monoisotopic (exact) mass is 567 g/mol. The Bertz CT molecular complexity index is 1350. The third kappa shape index (κ3) is 6.39. The van der Waals surface area contributed by atoms with Crippen LogP contribution in [0.15, 0.2) is 41.2 Å². The molecule has 0 aliphatic carbocycles. The maximum absolute atomic E-state index is 14.8. The maximum Gasteiger partial charge on any atom is 0.261 e. The molecule has 6 rings (SSSR count). The Balaban J connectivity index is 0.969. The van der Waals surface area contributed by atoms with Crippen molar-refractivity contribution < 1.29 is 13.9 Å². The van der Waals surface area contributed by atoms with Crippen LogP contribution in [0.3, 0.4) is 0 Å². The van der Waals surface area contributed by atoms with Gasteiger partial charge in [0.2, 0.25) is 0 Å². The van der Waals surface area contributed by atoms with Crippen LogP contribution in [-0.4, -0.2) is 72.2 Å². The van der Waals surface area contributed by atoms with Crippen LogP contribution in [0.25, 0.3) is 10.9 Å². The average molecular weight is 568 g/mol. The van der Waals surface area contributed by atoms with Gasteiger partial charge in [-0.15, -0.1) is 0 Å². The van der Waals surface area contributed by atoms with Crippen molar-refractivity contribution in [3.8, 4) is 5.75 Å². The van der Waals surface area contributed by atoms with E-state index in [0.29, 0.717) is 46.7 Å². The third-order valence-corrected chi connectivity index (χ3v) is 9.87. The minimum atomic E-state index is -0.591.